The number of rotatable bonds is 2. The summed E-state index contributed by atoms with van der Waals surface area (Å²) in [6.45, 7) is 2.44. The lowest BCUT2D eigenvalue weighted by atomic mass is 9.82. The van der Waals surface area contributed by atoms with E-state index in [1.54, 1.807) is 36.1 Å². The predicted octanol–water partition coefficient (Wildman–Crippen LogP) is 2.39. The molecule has 5 heteroatoms. The summed E-state index contributed by atoms with van der Waals surface area (Å²) in [5, 5.41) is 12.0. The summed E-state index contributed by atoms with van der Waals surface area (Å²) in [6, 6.07) is 6.70. The molecule has 1 atom stereocenters. The van der Waals surface area contributed by atoms with Crippen molar-refractivity contribution in [3.8, 4) is 12.3 Å². The molecular weight excluding hydrogens is 268 g/mol. The number of carboxylic acid groups (broad SMARTS) is 1. The maximum absolute atomic E-state index is 12.2. The molecule has 0 spiro atoms. The van der Waals surface area contributed by atoms with E-state index in [0.717, 1.165) is 0 Å². The van der Waals surface area contributed by atoms with E-state index >= 15 is 0 Å². The summed E-state index contributed by atoms with van der Waals surface area (Å²) < 4.78 is 0. The van der Waals surface area contributed by atoms with Crippen molar-refractivity contribution in [2.24, 2.45) is 5.41 Å². The molecule has 2 amide bonds. The standard InChI is InChI=1S/C16H18N2O3/c1-3-12-6-4-7-13(10-12)17-15(21)18-9-5-8-16(2,11-18)14(19)20/h1,4,6-7,10H,5,8-9,11H2,2H3,(H,17,21)(H,19,20). The Morgan fingerprint density at radius 1 is 1.48 bits per heavy atom. The van der Waals surface area contributed by atoms with Crippen LogP contribution in [0.1, 0.15) is 25.3 Å². The number of benzene rings is 1. The van der Waals surface area contributed by atoms with Gasteiger partial charge in [-0.2, -0.15) is 0 Å². The Hall–Kier alpha value is -2.48. The summed E-state index contributed by atoms with van der Waals surface area (Å²) >= 11 is 0. The third kappa shape index (κ3) is 3.34. The number of anilines is 1. The van der Waals surface area contributed by atoms with E-state index in [1.165, 1.54) is 0 Å². The minimum Gasteiger partial charge on any atom is -0.481 e. The van der Waals surface area contributed by atoms with E-state index in [9.17, 15) is 14.7 Å². The number of nitrogens with zero attached hydrogens (tertiary/aromatic N) is 1. The highest BCUT2D eigenvalue weighted by molar-refractivity contribution is 5.90. The largest absolute Gasteiger partial charge is 0.481 e. The number of hydrogen-bond acceptors (Lipinski definition) is 2. The molecule has 1 fully saturated rings. The van der Waals surface area contributed by atoms with Gasteiger partial charge in [0.15, 0.2) is 0 Å². The highest BCUT2D eigenvalue weighted by Crippen LogP contribution is 2.30. The number of amides is 2. The van der Waals surface area contributed by atoms with Crippen LogP contribution in [0.2, 0.25) is 0 Å². The molecule has 110 valence electrons. The van der Waals surface area contributed by atoms with Crippen molar-refractivity contribution in [2.75, 3.05) is 18.4 Å². The Morgan fingerprint density at radius 2 is 2.24 bits per heavy atom. The van der Waals surface area contributed by atoms with Crippen molar-refractivity contribution in [2.45, 2.75) is 19.8 Å². The Morgan fingerprint density at radius 3 is 2.90 bits per heavy atom. The lowest BCUT2D eigenvalue weighted by molar-refractivity contribution is -0.150. The SMILES string of the molecule is C#Cc1cccc(NC(=O)N2CCCC(C)(C(=O)O)C2)c1. The number of urea groups is 1. The zero-order chi connectivity index (χ0) is 15.5. The van der Waals surface area contributed by atoms with E-state index < -0.39 is 11.4 Å². The molecule has 1 aliphatic rings. The van der Waals surface area contributed by atoms with E-state index in [-0.39, 0.29) is 12.6 Å². The van der Waals surface area contributed by atoms with Crippen LogP contribution in [-0.2, 0) is 4.79 Å². The van der Waals surface area contributed by atoms with E-state index in [2.05, 4.69) is 11.2 Å². The zero-order valence-corrected chi connectivity index (χ0v) is 11.9. The first-order valence-corrected chi connectivity index (χ1v) is 6.81. The maximum Gasteiger partial charge on any atom is 0.321 e. The van der Waals surface area contributed by atoms with Crippen LogP contribution in [0.4, 0.5) is 10.5 Å². The molecule has 1 aliphatic heterocycles. The minimum absolute atomic E-state index is 0.211. The first kappa shape index (κ1) is 14.9. The second-order valence-corrected chi connectivity index (χ2v) is 5.55. The summed E-state index contributed by atoms with van der Waals surface area (Å²) in [5.41, 5.74) is 0.413. The third-order valence-corrected chi connectivity index (χ3v) is 3.78. The molecule has 1 heterocycles. The van der Waals surface area contributed by atoms with Crippen molar-refractivity contribution >= 4 is 17.7 Å². The average Bonchev–Trinajstić information content (AvgIpc) is 2.47. The molecule has 0 aliphatic carbocycles. The molecule has 21 heavy (non-hydrogen) atoms. The van der Waals surface area contributed by atoms with E-state index in [4.69, 9.17) is 6.42 Å². The van der Waals surface area contributed by atoms with Gasteiger partial charge in [0.05, 0.1) is 5.41 Å². The van der Waals surface area contributed by atoms with Crippen molar-refractivity contribution in [3.05, 3.63) is 29.8 Å². The molecule has 2 N–H and O–H groups in total. The number of terminal acetylenes is 1. The number of nitrogens with one attached hydrogen (secondary N) is 1. The highest BCUT2D eigenvalue weighted by Gasteiger charge is 2.39. The fraction of sp³-hybridized carbons (Fsp3) is 0.375. The van der Waals surface area contributed by atoms with Gasteiger partial charge >= 0.3 is 12.0 Å². The van der Waals surface area contributed by atoms with Crippen LogP contribution in [0.3, 0.4) is 0 Å². The van der Waals surface area contributed by atoms with Crippen LogP contribution in [0.25, 0.3) is 0 Å². The molecule has 1 aromatic rings. The molecule has 5 nitrogen and oxygen atoms in total. The molecule has 0 bridgehead atoms. The monoisotopic (exact) mass is 286 g/mol. The number of carbonyl (C=O) groups is 2. The Labute approximate surface area is 124 Å². The van der Waals surface area contributed by atoms with Crippen LogP contribution in [0.5, 0.6) is 0 Å². The Kier molecular flexibility index (Phi) is 4.18. The lowest BCUT2D eigenvalue weighted by Gasteiger charge is -2.37. The summed E-state index contributed by atoms with van der Waals surface area (Å²) in [6.07, 6.45) is 6.59. The molecule has 0 saturated carbocycles. The zero-order valence-electron chi connectivity index (χ0n) is 11.9. The Bertz CT molecular complexity index is 606. The average molecular weight is 286 g/mol. The topological polar surface area (TPSA) is 69.6 Å². The van der Waals surface area contributed by atoms with E-state index in [1.807, 2.05) is 0 Å². The van der Waals surface area contributed by atoms with Crippen molar-refractivity contribution in [3.63, 3.8) is 0 Å². The predicted molar refractivity (Wildman–Crippen MR) is 79.9 cm³/mol. The number of hydrogen-bond donors (Lipinski definition) is 2. The van der Waals surface area contributed by atoms with Gasteiger partial charge in [0, 0.05) is 24.3 Å². The van der Waals surface area contributed by atoms with Gasteiger partial charge in [-0.15, -0.1) is 6.42 Å². The van der Waals surface area contributed by atoms with Crippen LogP contribution in [0, 0.1) is 17.8 Å². The number of carbonyl (C=O) groups excluding carboxylic acids is 1. The van der Waals surface area contributed by atoms with Gasteiger partial charge in [-0.25, -0.2) is 4.79 Å². The van der Waals surface area contributed by atoms with Crippen LogP contribution >= 0.6 is 0 Å². The lowest BCUT2D eigenvalue weighted by Crippen LogP contribution is -2.49. The third-order valence-electron chi connectivity index (χ3n) is 3.78. The van der Waals surface area contributed by atoms with Crippen molar-refractivity contribution in [1.29, 1.82) is 0 Å². The number of carboxylic acids is 1. The van der Waals surface area contributed by atoms with Gasteiger partial charge in [0.25, 0.3) is 0 Å². The van der Waals surface area contributed by atoms with Gasteiger partial charge in [-0.3, -0.25) is 4.79 Å². The summed E-state index contributed by atoms with van der Waals surface area (Å²) in [4.78, 5) is 25.1. The van der Waals surface area contributed by atoms with Gasteiger partial charge in [0.1, 0.15) is 0 Å². The van der Waals surface area contributed by atoms with Gasteiger partial charge in [-0.05, 0) is 38.0 Å². The molecule has 1 saturated heterocycles. The molecule has 2 rings (SSSR count). The fourth-order valence-electron chi connectivity index (χ4n) is 2.48. The first-order chi connectivity index (χ1) is 9.94. The minimum atomic E-state index is -0.879. The van der Waals surface area contributed by atoms with Crippen LogP contribution in [0.15, 0.2) is 24.3 Å². The molecule has 0 radical (unpaired) electrons. The normalized spacial score (nSPS) is 21.4. The van der Waals surface area contributed by atoms with Gasteiger partial charge in [0.2, 0.25) is 0 Å². The maximum atomic E-state index is 12.2. The van der Waals surface area contributed by atoms with E-state index in [0.29, 0.717) is 30.6 Å². The van der Waals surface area contributed by atoms with Crippen LogP contribution < -0.4 is 5.32 Å². The van der Waals surface area contributed by atoms with Crippen molar-refractivity contribution < 1.29 is 14.7 Å². The molecular formula is C16H18N2O3. The Balaban J connectivity index is 2.06. The fourth-order valence-corrected chi connectivity index (χ4v) is 2.48. The highest BCUT2D eigenvalue weighted by atomic mass is 16.4. The molecule has 1 unspecified atom stereocenters. The smallest absolute Gasteiger partial charge is 0.321 e. The van der Waals surface area contributed by atoms with Crippen LogP contribution in [-0.4, -0.2) is 35.1 Å². The number of piperidine rings is 1. The number of likely N-dealkylation sites (tertiary alicyclic amines) is 1. The molecule has 1 aromatic carbocycles. The second-order valence-electron chi connectivity index (χ2n) is 5.55. The quantitative estimate of drug-likeness (QED) is 0.820. The van der Waals surface area contributed by atoms with Gasteiger partial charge in [-0.1, -0.05) is 12.0 Å². The second kappa shape index (κ2) is 5.88. The summed E-state index contributed by atoms with van der Waals surface area (Å²) in [5.74, 6) is 1.64. The number of aliphatic carboxylic acids is 1. The van der Waals surface area contributed by atoms with Gasteiger partial charge < -0.3 is 15.3 Å². The summed E-state index contributed by atoms with van der Waals surface area (Å²) in [7, 11) is 0. The first-order valence-electron chi connectivity index (χ1n) is 6.81. The van der Waals surface area contributed by atoms with Crippen molar-refractivity contribution in [1.82, 2.24) is 4.90 Å². The molecule has 0 aromatic heterocycles.